The summed E-state index contributed by atoms with van der Waals surface area (Å²) in [5, 5.41) is 10.6. The number of aromatic nitrogens is 6. The van der Waals surface area contributed by atoms with Crippen LogP contribution in [0.3, 0.4) is 0 Å². The maximum atomic E-state index is 4.42. The van der Waals surface area contributed by atoms with Crippen LogP contribution in [0.15, 0.2) is 18.7 Å². The summed E-state index contributed by atoms with van der Waals surface area (Å²) in [5.41, 5.74) is 2.27. The molecule has 7 nitrogen and oxygen atoms in total. The van der Waals surface area contributed by atoms with Gasteiger partial charge in [-0.2, -0.15) is 10.1 Å². The molecule has 0 aliphatic rings. The zero-order valence-corrected chi connectivity index (χ0v) is 9.47. The molecule has 3 heterocycles. The second kappa shape index (κ2) is 3.55. The Balaban J connectivity index is 2.29. The van der Waals surface area contributed by atoms with Crippen molar-refractivity contribution >= 4 is 17.0 Å². The molecule has 0 aromatic carbocycles. The minimum Gasteiger partial charge on any atom is -0.357 e. The Morgan fingerprint density at radius 1 is 1.35 bits per heavy atom. The molecule has 0 unspecified atom stereocenters. The van der Waals surface area contributed by atoms with Gasteiger partial charge in [0.05, 0.1) is 17.9 Å². The average molecular weight is 229 g/mol. The molecule has 0 fully saturated rings. The first-order chi connectivity index (χ1) is 8.28. The number of nitrogens with zero attached hydrogens (tertiary/aromatic N) is 5. The predicted molar refractivity (Wildman–Crippen MR) is 63.4 cm³/mol. The van der Waals surface area contributed by atoms with Crippen molar-refractivity contribution in [2.45, 2.75) is 0 Å². The van der Waals surface area contributed by atoms with Crippen LogP contribution in [-0.2, 0) is 7.05 Å². The molecule has 2 N–H and O–H groups in total. The molecule has 0 radical (unpaired) electrons. The largest absolute Gasteiger partial charge is 0.357 e. The van der Waals surface area contributed by atoms with Crippen molar-refractivity contribution in [3.63, 3.8) is 0 Å². The Hall–Kier alpha value is -2.44. The number of aromatic amines is 1. The van der Waals surface area contributed by atoms with E-state index in [2.05, 4.69) is 30.5 Å². The quantitative estimate of drug-likeness (QED) is 0.678. The van der Waals surface area contributed by atoms with Crippen LogP contribution in [0.1, 0.15) is 0 Å². The monoisotopic (exact) mass is 229 g/mol. The van der Waals surface area contributed by atoms with Gasteiger partial charge in [0.2, 0.25) is 5.95 Å². The van der Waals surface area contributed by atoms with Crippen LogP contribution in [0.25, 0.3) is 22.4 Å². The summed E-state index contributed by atoms with van der Waals surface area (Å²) in [6.45, 7) is 0. The summed E-state index contributed by atoms with van der Waals surface area (Å²) < 4.78 is 1.88. The number of hydrogen-bond acceptors (Lipinski definition) is 5. The fourth-order valence-corrected chi connectivity index (χ4v) is 1.68. The minimum atomic E-state index is 0.544. The highest BCUT2D eigenvalue weighted by molar-refractivity contribution is 5.89. The first kappa shape index (κ1) is 9.76. The first-order valence-corrected chi connectivity index (χ1v) is 5.15. The third-order valence-corrected chi connectivity index (χ3v) is 2.48. The Morgan fingerprint density at radius 3 is 2.94 bits per heavy atom. The van der Waals surface area contributed by atoms with Crippen molar-refractivity contribution in [3.8, 4) is 11.4 Å². The molecule has 0 aliphatic heterocycles. The molecule has 7 heteroatoms. The highest BCUT2D eigenvalue weighted by Gasteiger charge is 2.12. The maximum Gasteiger partial charge on any atom is 0.225 e. The summed E-state index contributed by atoms with van der Waals surface area (Å²) in [7, 11) is 3.70. The van der Waals surface area contributed by atoms with Crippen LogP contribution in [0.5, 0.6) is 0 Å². The predicted octanol–water partition coefficient (Wildman–Crippen LogP) is 0.795. The van der Waals surface area contributed by atoms with Crippen LogP contribution >= 0.6 is 0 Å². The Kier molecular flexibility index (Phi) is 2.04. The lowest BCUT2D eigenvalue weighted by Crippen LogP contribution is -1.98. The fourth-order valence-electron chi connectivity index (χ4n) is 1.68. The molecule has 0 aliphatic carbocycles. The minimum absolute atomic E-state index is 0.544. The van der Waals surface area contributed by atoms with Crippen molar-refractivity contribution in [2.75, 3.05) is 12.4 Å². The average Bonchev–Trinajstić information content (AvgIpc) is 2.95. The summed E-state index contributed by atoms with van der Waals surface area (Å²) in [5.74, 6) is 0.544. The lowest BCUT2D eigenvalue weighted by Gasteiger charge is -2.02. The second-order valence-electron chi connectivity index (χ2n) is 3.70. The SMILES string of the molecule is CNc1nc(-c2cn(C)cn2)c2cn[nH]c2n1. The molecular weight excluding hydrogens is 218 g/mol. The molecule has 3 aromatic heterocycles. The van der Waals surface area contributed by atoms with E-state index in [1.807, 2.05) is 17.8 Å². The molecule has 0 amide bonds. The lowest BCUT2D eigenvalue weighted by molar-refractivity contribution is 0.913. The molecule has 17 heavy (non-hydrogen) atoms. The second-order valence-corrected chi connectivity index (χ2v) is 3.70. The zero-order chi connectivity index (χ0) is 11.8. The van der Waals surface area contributed by atoms with Crippen LogP contribution in [0.4, 0.5) is 5.95 Å². The lowest BCUT2D eigenvalue weighted by atomic mass is 10.2. The topological polar surface area (TPSA) is 84.3 Å². The van der Waals surface area contributed by atoms with E-state index < -0.39 is 0 Å². The smallest absolute Gasteiger partial charge is 0.225 e. The standard InChI is InChI=1S/C10H11N7/c1-11-10-14-8(7-4-17(2)5-12-7)6-3-13-16-9(6)15-10/h3-5H,1-2H3,(H2,11,13,14,15,16). The van der Waals surface area contributed by atoms with Crippen LogP contribution in [0.2, 0.25) is 0 Å². The number of anilines is 1. The Morgan fingerprint density at radius 2 is 2.24 bits per heavy atom. The number of rotatable bonds is 2. The molecule has 86 valence electrons. The van der Waals surface area contributed by atoms with E-state index >= 15 is 0 Å². The van der Waals surface area contributed by atoms with E-state index in [1.165, 1.54) is 0 Å². The maximum absolute atomic E-state index is 4.42. The number of H-pyrrole nitrogens is 1. The summed E-state index contributed by atoms with van der Waals surface area (Å²) in [4.78, 5) is 13.0. The van der Waals surface area contributed by atoms with Gasteiger partial charge in [0, 0.05) is 20.3 Å². The summed E-state index contributed by atoms with van der Waals surface area (Å²) in [6, 6.07) is 0. The molecular formula is C10H11N7. The summed E-state index contributed by atoms with van der Waals surface area (Å²) in [6.07, 6.45) is 5.36. The Bertz CT molecular complexity index is 666. The van der Waals surface area contributed by atoms with Crippen molar-refractivity contribution in [1.82, 2.24) is 29.7 Å². The van der Waals surface area contributed by atoms with Gasteiger partial charge in [0.15, 0.2) is 5.65 Å². The van der Waals surface area contributed by atoms with Crippen molar-refractivity contribution in [2.24, 2.45) is 7.05 Å². The molecule has 0 saturated heterocycles. The number of nitrogens with one attached hydrogen (secondary N) is 2. The van der Waals surface area contributed by atoms with Crippen LogP contribution < -0.4 is 5.32 Å². The molecule has 3 aromatic rings. The van der Waals surface area contributed by atoms with Gasteiger partial charge in [0.25, 0.3) is 0 Å². The van der Waals surface area contributed by atoms with E-state index in [-0.39, 0.29) is 0 Å². The van der Waals surface area contributed by atoms with Gasteiger partial charge in [-0.1, -0.05) is 0 Å². The third-order valence-electron chi connectivity index (χ3n) is 2.48. The molecule has 0 saturated carbocycles. The van der Waals surface area contributed by atoms with Crippen molar-refractivity contribution in [3.05, 3.63) is 18.7 Å². The number of hydrogen-bond donors (Lipinski definition) is 2. The third kappa shape index (κ3) is 1.52. The number of fused-ring (bicyclic) bond motifs is 1. The van der Waals surface area contributed by atoms with Gasteiger partial charge in [0.1, 0.15) is 11.4 Å². The number of imidazole rings is 1. The van der Waals surface area contributed by atoms with E-state index in [1.54, 1.807) is 19.6 Å². The first-order valence-electron chi connectivity index (χ1n) is 5.15. The highest BCUT2D eigenvalue weighted by atomic mass is 15.2. The molecule has 0 atom stereocenters. The van der Waals surface area contributed by atoms with E-state index in [9.17, 15) is 0 Å². The molecule has 3 rings (SSSR count). The zero-order valence-electron chi connectivity index (χ0n) is 9.47. The Labute approximate surface area is 96.9 Å². The van der Waals surface area contributed by atoms with Crippen LogP contribution in [0, 0.1) is 0 Å². The molecule has 0 spiro atoms. The van der Waals surface area contributed by atoms with Gasteiger partial charge >= 0.3 is 0 Å². The fraction of sp³-hybridized carbons (Fsp3) is 0.200. The number of aryl methyl sites for hydroxylation is 1. The van der Waals surface area contributed by atoms with Gasteiger partial charge in [-0.3, -0.25) is 5.10 Å². The van der Waals surface area contributed by atoms with Gasteiger partial charge in [-0.25, -0.2) is 9.97 Å². The normalized spacial score (nSPS) is 10.9. The highest BCUT2D eigenvalue weighted by Crippen LogP contribution is 2.24. The van der Waals surface area contributed by atoms with E-state index in [0.717, 1.165) is 16.8 Å². The van der Waals surface area contributed by atoms with Crippen molar-refractivity contribution in [1.29, 1.82) is 0 Å². The van der Waals surface area contributed by atoms with E-state index in [0.29, 0.717) is 11.6 Å². The van der Waals surface area contributed by atoms with E-state index in [4.69, 9.17) is 0 Å². The summed E-state index contributed by atoms with van der Waals surface area (Å²) >= 11 is 0. The molecule has 0 bridgehead atoms. The van der Waals surface area contributed by atoms with Gasteiger partial charge in [-0.15, -0.1) is 0 Å². The van der Waals surface area contributed by atoms with Crippen molar-refractivity contribution < 1.29 is 0 Å². The van der Waals surface area contributed by atoms with Gasteiger partial charge in [-0.05, 0) is 0 Å². The van der Waals surface area contributed by atoms with Gasteiger partial charge < -0.3 is 9.88 Å². The van der Waals surface area contributed by atoms with Crippen LogP contribution in [-0.4, -0.2) is 36.8 Å².